The van der Waals surface area contributed by atoms with Gasteiger partial charge in [-0.1, -0.05) is 26.0 Å². The Kier molecular flexibility index (Phi) is 8.62. The fourth-order valence-corrected chi connectivity index (χ4v) is 5.05. The van der Waals surface area contributed by atoms with Gasteiger partial charge >= 0.3 is 18.3 Å². The first-order valence-corrected chi connectivity index (χ1v) is 12.1. The number of carboxylic acid groups (broad SMARTS) is 1. The third kappa shape index (κ3) is 7.17. The van der Waals surface area contributed by atoms with Gasteiger partial charge in [-0.15, -0.1) is 0 Å². The normalized spacial score (nSPS) is 21.0. The number of rotatable bonds is 8. The number of halogens is 6. The minimum atomic E-state index is -4.47. The average molecular weight is 516 g/mol. The zero-order chi connectivity index (χ0) is 26.7. The van der Waals surface area contributed by atoms with Crippen LogP contribution in [0.25, 0.3) is 0 Å². The van der Waals surface area contributed by atoms with E-state index in [2.05, 4.69) is 4.90 Å². The second-order valence-corrected chi connectivity index (χ2v) is 9.99. The van der Waals surface area contributed by atoms with Crippen molar-refractivity contribution in [2.24, 2.45) is 11.8 Å². The van der Waals surface area contributed by atoms with E-state index in [0.717, 1.165) is 30.7 Å². The first kappa shape index (κ1) is 27.9. The van der Waals surface area contributed by atoms with Gasteiger partial charge in [-0.05, 0) is 79.5 Å². The topological polar surface area (TPSA) is 40.5 Å². The highest BCUT2D eigenvalue weighted by molar-refractivity contribution is 5.67. The summed E-state index contributed by atoms with van der Waals surface area (Å²) in [6, 6.07) is 9.72. The number of hydrogen-bond acceptors (Lipinski definition) is 2. The molecule has 0 aliphatic heterocycles. The largest absolute Gasteiger partial charge is 0.481 e. The summed E-state index contributed by atoms with van der Waals surface area (Å²) in [5.74, 6) is -0.996. The number of anilines is 1. The van der Waals surface area contributed by atoms with Gasteiger partial charge in [0.1, 0.15) is 0 Å². The summed E-state index contributed by atoms with van der Waals surface area (Å²) in [5, 5.41) is 9.31. The predicted molar refractivity (Wildman–Crippen MR) is 126 cm³/mol. The Morgan fingerprint density at radius 1 is 0.917 bits per heavy atom. The van der Waals surface area contributed by atoms with Crippen molar-refractivity contribution < 1.29 is 36.2 Å². The molecule has 1 N–H and O–H groups in total. The zero-order valence-corrected chi connectivity index (χ0v) is 20.2. The van der Waals surface area contributed by atoms with Crippen molar-refractivity contribution in [3.63, 3.8) is 0 Å². The SMILES string of the molecule is CC(C)CCN(c1ccc(C(F)(F)F)cc1)[C@@H]1CC[C@@H](CC(=O)O)C[C@H]1c1ccc(C(F)(F)F)cc1. The minimum Gasteiger partial charge on any atom is -0.481 e. The number of alkyl halides is 6. The lowest BCUT2D eigenvalue weighted by Gasteiger charge is -2.44. The summed E-state index contributed by atoms with van der Waals surface area (Å²) in [5.41, 5.74) is -0.230. The van der Waals surface area contributed by atoms with Gasteiger partial charge in [0.05, 0.1) is 11.1 Å². The molecule has 0 heterocycles. The first-order valence-electron chi connectivity index (χ1n) is 12.1. The number of carboxylic acids is 1. The van der Waals surface area contributed by atoms with Crippen LogP contribution >= 0.6 is 0 Å². The molecule has 36 heavy (non-hydrogen) atoms. The van der Waals surface area contributed by atoms with Crippen LogP contribution in [-0.4, -0.2) is 23.7 Å². The number of hydrogen-bond donors (Lipinski definition) is 1. The maximum atomic E-state index is 13.1. The first-order chi connectivity index (χ1) is 16.8. The van der Waals surface area contributed by atoms with Crippen LogP contribution in [0.15, 0.2) is 48.5 Å². The van der Waals surface area contributed by atoms with Crippen LogP contribution in [0.4, 0.5) is 32.0 Å². The standard InChI is InChI=1S/C27H31F6NO2/c1-17(2)13-14-34(22-10-8-21(9-11-22)27(31,32)33)24-12-3-18(16-25(35)36)15-23(24)19-4-6-20(7-5-19)26(28,29)30/h4-11,17-18,23-24H,3,12-16H2,1-2H3,(H,35,36)/t18-,23+,24-/m1/s1. The molecule has 0 radical (unpaired) electrons. The van der Waals surface area contributed by atoms with Gasteiger partial charge < -0.3 is 10.0 Å². The number of nitrogens with zero attached hydrogens (tertiary/aromatic N) is 1. The maximum absolute atomic E-state index is 13.1. The van der Waals surface area contributed by atoms with Gasteiger partial charge in [0.2, 0.25) is 0 Å². The quantitative estimate of drug-likeness (QED) is 0.362. The molecule has 3 atom stereocenters. The molecular weight excluding hydrogens is 484 g/mol. The lowest BCUT2D eigenvalue weighted by molar-refractivity contribution is -0.139. The van der Waals surface area contributed by atoms with Crippen LogP contribution in [0, 0.1) is 11.8 Å². The van der Waals surface area contributed by atoms with Crippen molar-refractivity contribution in [3.05, 3.63) is 65.2 Å². The van der Waals surface area contributed by atoms with Gasteiger partial charge in [-0.25, -0.2) is 0 Å². The van der Waals surface area contributed by atoms with E-state index >= 15 is 0 Å². The molecular formula is C27H31F6NO2. The van der Waals surface area contributed by atoms with E-state index in [-0.39, 0.29) is 24.3 Å². The van der Waals surface area contributed by atoms with E-state index in [9.17, 15) is 36.2 Å². The zero-order valence-electron chi connectivity index (χ0n) is 20.2. The van der Waals surface area contributed by atoms with E-state index in [4.69, 9.17) is 0 Å². The molecule has 0 amide bonds. The summed E-state index contributed by atoms with van der Waals surface area (Å²) < 4.78 is 78.8. The molecule has 0 unspecified atom stereocenters. The van der Waals surface area contributed by atoms with E-state index in [1.165, 1.54) is 24.3 Å². The molecule has 2 aromatic carbocycles. The minimum absolute atomic E-state index is 0.0316. The predicted octanol–water partition coefficient (Wildman–Crippen LogP) is 8.00. The molecule has 1 aliphatic carbocycles. The molecule has 198 valence electrons. The smallest absolute Gasteiger partial charge is 0.416 e. The van der Waals surface area contributed by atoms with E-state index in [1.807, 2.05) is 13.8 Å². The maximum Gasteiger partial charge on any atom is 0.416 e. The molecule has 0 saturated heterocycles. The van der Waals surface area contributed by atoms with Gasteiger partial charge in [-0.3, -0.25) is 4.79 Å². The van der Waals surface area contributed by atoms with Crippen molar-refractivity contribution in [1.29, 1.82) is 0 Å². The Bertz CT molecular complexity index is 999. The number of carbonyl (C=O) groups is 1. The van der Waals surface area contributed by atoms with Crippen LogP contribution in [0.1, 0.15) is 68.6 Å². The van der Waals surface area contributed by atoms with Crippen molar-refractivity contribution in [1.82, 2.24) is 0 Å². The third-order valence-electron chi connectivity index (χ3n) is 6.93. The Labute approximate surface area is 207 Å². The van der Waals surface area contributed by atoms with E-state index < -0.39 is 29.4 Å². The molecule has 3 nitrogen and oxygen atoms in total. The average Bonchev–Trinajstić information content (AvgIpc) is 2.78. The third-order valence-corrected chi connectivity index (χ3v) is 6.93. The highest BCUT2D eigenvalue weighted by Gasteiger charge is 2.37. The molecule has 0 bridgehead atoms. The van der Waals surface area contributed by atoms with Crippen molar-refractivity contribution in [2.75, 3.05) is 11.4 Å². The molecule has 0 aromatic heterocycles. The molecule has 2 aromatic rings. The molecule has 1 fully saturated rings. The van der Waals surface area contributed by atoms with Crippen LogP contribution in [0.2, 0.25) is 0 Å². The van der Waals surface area contributed by atoms with Crippen LogP contribution in [0.3, 0.4) is 0 Å². The molecule has 1 saturated carbocycles. The number of benzene rings is 2. The molecule has 1 aliphatic rings. The van der Waals surface area contributed by atoms with Gasteiger partial charge in [-0.2, -0.15) is 26.3 Å². The van der Waals surface area contributed by atoms with Gasteiger partial charge in [0, 0.05) is 30.6 Å². The second-order valence-electron chi connectivity index (χ2n) is 9.99. The summed E-state index contributed by atoms with van der Waals surface area (Å²) in [7, 11) is 0. The summed E-state index contributed by atoms with van der Waals surface area (Å²) in [6.45, 7) is 4.65. The van der Waals surface area contributed by atoms with Crippen molar-refractivity contribution >= 4 is 11.7 Å². The lowest BCUT2D eigenvalue weighted by atomic mass is 9.72. The second kappa shape index (κ2) is 11.1. The monoisotopic (exact) mass is 515 g/mol. The summed E-state index contributed by atoms with van der Waals surface area (Å²) in [4.78, 5) is 13.4. The summed E-state index contributed by atoms with van der Waals surface area (Å²) >= 11 is 0. The Morgan fingerprint density at radius 2 is 1.44 bits per heavy atom. The Morgan fingerprint density at radius 3 is 1.92 bits per heavy atom. The Hall–Kier alpha value is -2.71. The van der Waals surface area contributed by atoms with Crippen LogP contribution < -0.4 is 4.90 Å². The van der Waals surface area contributed by atoms with Gasteiger partial charge in [0.25, 0.3) is 0 Å². The summed E-state index contributed by atoms with van der Waals surface area (Å²) in [6.07, 6.45) is -6.51. The molecule has 3 rings (SSSR count). The highest BCUT2D eigenvalue weighted by Crippen LogP contribution is 2.43. The fraction of sp³-hybridized carbons (Fsp3) is 0.519. The number of aliphatic carboxylic acids is 1. The van der Waals surface area contributed by atoms with Crippen molar-refractivity contribution in [2.45, 2.75) is 70.3 Å². The molecule has 0 spiro atoms. The highest BCUT2D eigenvalue weighted by atomic mass is 19.4. The Balaban J connectivity index is 1.99. The van der Waals surface area contributed by atoms with E-state index in [1.54, 1.807) is 0 Å². The van der Waals surface area contributed by atoms with Crippen LogP contribution in [0.5, 0.6) is 0 Å². The lowest BCUT2D eigenvalue weighted by Crippen LogP contribution is -2.44. The van der Waals surface area contributed by atoms with Gasteiger partial charge in [0.15, 0.2) is 0 Å². The molecule has 9 heteroatoms. The van der Waals surface area contributed by atoms with E-state index in [0.29, 0.717) is 43.0 Å². The van der Waals surface area contributed by atoms with Crippen molar-refractivity contribution in [3.8, 4) is 0 Å². The fourth-order valence-electron chi connectivity index (χ4n) is 5.05. The van der Waals surface area contributed by atoms with Crippen LogP contribution in [-0.2, 0) is 17.1 Å².